The predicted octanol–water partition coefficient (Wildman–Crippen LogP) is 2.99. The maximum atomic E-state index is 11.2. The van der Waals surface area contributed by atoms with Gasteiger partial charge in [-0.05, 0) is 30.7 Å². The summed E-state index contributed by atoms with van der Waals surface area (Å²) in [5, 5.41) is 9.67. The molecule has 0 atom stereocenters. The molecule has 0 saturated heterocycles. The monoisotopic (exact) mass is 301 g/mol. The van der Waals surface area contributed by atoms with Crippen LogP contribution in [0.3, 0.4) is 0 Å². The van der Waals surface area contributed by atoms with Gasteiger partial charge in [-0.15, -0.1) is 0 Å². The largest absolute Gasteiger partial charge is 0.481 e. The Labute approximate surface area is 125 Å². The van der Waals surface area contributed by atoms with Crippen molar-refractivity contribution in [2.75, 3.05) is 0 Å². The number of fused-ring (bicyclic) bond motifs is 1. The summed E-state index contributed by atoms with van der Waals surface area (Å²) in [6.07, 6.45) is 3.28. The maximum Gasteiger partial charge on any atom is 0.309 e. The van der Waals surface area contributed by atoms with Crippen LogP contribution in [0.5, 0.6) is 0 Å². The average Bonchev–Trinajstić information content (AvgIpc) is 2.77. The lowest BCUT2D eigenvalue weighted by atomic mass is 10.2. The first kappa shape index (κ1) is 13.6. The molecule has 1 N–H and O–H groups in total. The van der Waals surface area contributed by atoms with Crippen molar-refractivity contribution >= 4 is 23.2 Å². The molecule has 0 aliphatic carbocycles. The minimum atomic E-state index is -0.909. The Bertz CT molecular complexity index is 825. The van der Waals surface area contributed by atoms with Crippen LogP contribution in [0.25, 0.3) is 17.0 Å². The van der Waals surface area contributed by atoms with E-state index in [1.54, 1.807) is 16.5 Å². The molecule has 106 valence electrons. The molecule has 6 heteroatoms. The van der Waals surface area contributed by atoms with Gasteiger partial charge in [0, 0.05) is 12.4 Å². The molecule has 21 heavy (non-hydrogen) atoms. The molecule has 0 bridgehead atoms. The zero-order chi connectivity index (χ0) is 15.0. The SMILES string of the molecule is Cc1ccc2nc(-c3ccc(Cl)cn3)c(CC(=O)O)n2c1. The van der Waals surface area contributed by atoms with E-state index in [-0.39, 0.29) is 6.42 Å². The number of carboxylic acids is 1. The van der Waals surface area contributed by atoms with E-state index in [4.69, 9.17) is 16.7 Å². The van der Waals surface area contributed by atoms with Crippen LogP contribution in [0, 0.1) is 6.92 Å². The van der Waals surface area contributed by atoms with Crippen LogP contribution in [-0.4, -0.2) is 25.4 Å². The number of aromatic nitrogens is 3. The number of halogens is 1. The number of rotatable bonds is 3. The van der Waals surface area contributed by atoms with Crippen LogP contribution in [0.1, 0.15) is 11.3 Å². The summed E-state index contributed by atoms with van der Waals surface area (Å²) in [5.74, 6) is -0.909. The molecule has 0 aromatic carbocycles. The highest BCUT2D eigenvalue weighted by Gasteiger charge is 2.17. The number of nitrogens with zero attached hydrogens (tertiary/aromatic N) is 3. The summed E-state index contributed by atoms with van der Waals surface area (Å²) in [7, 11) is 0. The highest BCUT2D eigenvalue weighted by atomic mass is 35.5. The Morgan fingerprint density at radius 2 is 2.14 bits per heavy atom. The second-order valence-corrected chi connectivity index (χ2v) is 5.21. The van der Waals surface area contributed by atoms with Gasteiger partial charge < -0.3 is 9.51 Å². The van der Waals surface area contributed by atoms with E-state index in [1.165, 1.54) is 6.20 Å². The van der Waals surface area contributed by atoms with E-state index in [0.29, 0.717) is 27.8 Å². The molecule has 3 rings (SSSR count). The predicted molar refractivity (Wildman–Crippen MR) is 79.5 cm³/mol. The third-order valence-electron chi connectivity index (χ3n) is 3.15. The normalized spacial score (nSPS) is 11.0. The first-order valence-corrected chi connectivity index (χ1v) is 6.73. The van der Waals surface area contributed by atoms with Crippen molar-refractivity contribution < 1.29 is 9.90 Å². The van der Waals surface area contributed by atoms with Crippen LogP contribution in [0.4, 0.5) is 0 Å². The standard InChI is InChI=1S/C15H12ClN3O2/c1-9-2-5-13-18-15(11-4-3-10(16)7-17-11)12(6-14(20)21)19(13)8-9/h2-5,7-8H,6H2,1H3,(H,20,21). The van der Waals surface area contributed by atoms with Crippen molar-refractivity contribution in [2.45, 2.75) is 13.3 Å². The summed E-state index contributed by atoms with van der Waals surface area (Å²) in [6, 6.07) is 7.25. The molecular weight excluding hydrogens is 290 g/mol. The molecule has 0 spiro atoms. The first-order chi connectivity index (χ1) is 10.0. The smallest absolute Gasteiger partial charge is 0.309 e. The van der Waals surface area contributed by atoms with Crippen molar-refractivity contribution in [3.63, 3.8) is 0 Å². The lowest BCUT2D eigenvalue weighted by molar-refractivity contribution is -0.136. The number of hydrogen-bond acceptors (Lipinski definition) is 3. The number of pyridine rings is 2. The zero-order valence-corrected chi connectivity index (χ0v) is 12.0. The number of hydrogen-bond donors (Lipinski definition) is 1. The Morgan fingerprint density at radius 3 is 2.81 bits per heavy atom. The van der Waals surface area contributed by atoms with E-state index < -0.39 is 5.97 Å². The van der Waals surface area contributed by atoms with Crippen LogP contribution in [0.2, 0.25) is 5.02 Å². The molecule has 3 aromatic heterocycles. The third kappa shape index (κ3) is 2.60. The van der Waals surface area contributed by atoms with Gasteiger partial charge in [0.2, 0.25) is 0 Å². The molecule has 0 fully saturated rings. The fraction of sp³-hybridized carbons (Fsp3) is 0.133. The number of carbonyl (C=O) groups is 1. The fourth-order valence-corrected chi connectivity index (χ4v) is 2.34. The third-order valence-corrected chi connectivity index (χ3v) is 3.38. The zero-order valence-electron chi connectivity index (χ0n) is 11.2. The van der Waals surface area contributed by atoms with Gasteiger partial charge in [0.15, 0.2) is 0 Å². The van der Waals surface area contributed by atoms with Gasteiger partial charge in [-0.1, -0.05) is 17.7 Å². The second-order valence-electron chi connectivity index (χ2n) is 4.77. The number of aryl methyl sites for hydroxylation is 1. The lowest BCUT2D eigenvalue weighted by Gasteiger charge is -2.03. The summed E-state index contributed by atoms with van der Waals surface area (Å²) in [5.41, 5.74) is 3.51. The molecule has 0 aliphatic rings. The van der Waals surface area contributed by atoms with Gasteiger partial charge in [0.25, 0.3) is 0 Å². The number of carboxylic acid groups (broad SMARTS) is 1. The van der Waals surface area contributed by atoms with E-state index >= 15 is 0 Å². The minimum absolute atomic E-state index is 0.121. The Balaban J connectivity index is 2.25. The quantitative estimate of drug-likeness (QED) is 0.807. The Morgan fingerprint density at radius 1 is 1.33 bits per heavy atom. The highest BCUT2D eigenvalue weighted by molar-refractivity contribution is 6.30. The van der Waals surface area contributed by atoms with Crippen LogP contribution in [0.15, 0.2) is 36.7 Å². The van der Waals surface area contributed by atoms with Gasteiger partial charge in [-0.2, -0.15) is 0 Å². The maximum absolute atomic E-state index is 11.2. The van der Waals surface area contributed by atoms with E-state index in [2.05, 4.69) is 9.97 Å². The molecular formula is C15H12ClN3O2. The van der Waals surface area contributed by atoms with Gasteiger partial charge in [0.05, 0.1) is 22.8 Å². The minimum Gasteiger partial charge on any atom is -0.481 e. The summed E-state index contributed by atoms with van der Waals surface area (Å²) >= 11 is 5.84. The Kier molecular flexibility index (Phi) is 3.35. The molecule has 0 radical (unpaired) electrons. The van der Waals surface area contributed by atoms with Crippen molar-refractivity contribution in [1.29, 1.82) is 0 Å². The summed E-state index contributed by atoms with van der Waals surface area (Å²) < 4.78 is 1.80. The van der Waals surface area contributed by atoms with Gasteiger partial charge in [0.1, 0.15) is 11.3 Å². The molecule has 0 aliphatic heterocycles. The second kappa shape index (κ2) is 5.18. The molecule has 3 heterocycles. The number of imidazole rings is 1. The van der Waals surface area contributed by atoms with E-state index in [0.717, 1.165) is 5.56 Å². The summed E-state index contributed by atoms with van der Waals surface area (Å²) in [4.78, 5) is 19.9. The average molecular weight is 302 g/mol. The van der Waals surface area contributed by atoms with Gasteiger partial charge in [-0.3, -0.25) is 9.78 Å². The van der Waals surface area contributed by atoms with Crippen molar-refractivity contribution in [2.24, 2.45) is 0 Å². The molecule has 0 saturated carbocycles. The number of aliphatic carboxylic acids is 1. The lowest BCUT2D eigenvalue weighted by Crippen LogP contribution is -2.05. The Hall–Kier alpha value is -2.40. The van der Waals surface area contributed by atoms with Crippen LogP contribution >= 0.6 is 11.6 Å². The highest BCUT2D eigenvalue weighted by Crippen LogP contribution is 2.24. The van der Waals surface area contributed by atoms with Crippen LogP contribution in [-0.2, 0) is 11.2 Å². The summed E-state index contributed by atoms with van der Waals surface area (Å²) in [6.45, 7) is 1.95. The first-order valence-electron chi connectivity index (χ1n) is 6.36. The molecule has 0 unspecified atom stereocenters. The fourth-order valence-electron chi connectivity index (χ4n) is 2.23. The molecule has 0 amide bonds. The van der Waals surface area contributed by atoms with E-state index in [9.17, 15) is 4.79 Å². The van der Waals surface area contributed by atoms with Crippen molar-refractivity contribution in [1.82, 2.24) is 14.4 Å². The van der Waals surface area contributed by atoms with Crippen molar-refractivity contribution in [3.05, 3.63) is 52.9 Å². The van der Waals surface area contributed by atoms with Crippen LogP contribution < -0.4 is 0 Å². The molecule has 5 nitrogen and oxygen atoms in total. The molecule has 3 aromatic rings. The van der Waals surface area contributed by atoms with Gasteiger partial charge >= 0.3 is 5.97 Å². The van der Waals surface area contributed by atoms with Crippen molar-refractivity contribution in [3.8, 4) is 11.4 Å². The topological polar surface area (TPSA) is 67.5 Å². The van der Waals surface area contributed by atoms with E-state index in [1.807, 2.05) is 25.3 Å². The van der Waals surface area contributed by atoms with Gasteiger partial charge in [-0.25, -0.2) is 4.98 Å².